The van der Waals surface area contributed by atoms with Crippen molar-refractivity contribution in [3.63, 3.8) is 0 Å². The lowest BCUT2D eigenvalue weighted by Crippen LogP contribution is -2.64. The van der Waals surface area contributed by atoms with Gasteiger partial charge in [-0.2, -0.15) is 0 Å². The number of phenolic OH excluding ortho intramolecular Hbond substituents is 1. The number of Topliss-reactive ketones (excluding diaryl/α,β-unsaturated/α-hetero) is 1. The van der Waals surface area contributed by atoms with Gasteiger partial charge in [0.2, 0.25) is 11.4 Å². The van der Waals surface area contributed by atoms with Gasteiger partial charge in [0.1, 0.15) is 11.5 Å². The molecule has 1 aliphatic carbocycles. The van der Waals surface area contributed by atoms with E-state index in [-0.39, 0.29) is 22.6 Å². The van der Waals surface area contributed by atoms with Gasteiger partial charge in [-0.15, -0.1) is 0 Å². The van der Waals surface area contributed by atoms with Crippen LogP contribution in [0.1, 0.15) is 11.1 Å². The first-order chi connectivity index (χ1) is 11.9. The van der Waals surface area contributed by atoms with Crippen molar-refractivity contribution in [3.05, 3.63) is 65.7 Å². The molecular weight excluding hydrogens is 324 g/mol. The van der Waals surface area contributed by atoms with E-state index < -0.39 is 23.0 Å². The fraction of sp³-hybridized carbons (Fsp3) is 0.158. The summed E-state index contributed by atoms with van der Waals surface area (Å²) in [6.45, 7) is 0. The molecule has 2 aromatic rings. The Morgan fingerprint density at radius 3 is 2.48 bits per heavy atom. The highest BCUT2D eigenvalue weighted by Crippen LogP contribution is 2.53. The highest BCUT2D eigenvalue weighted by atomic mass is 16.7. The maximum Gasteiger partial charge on any atom is 0.316 e. The van der Waals surface area contributed by atoms with Crippen LogP contribution in [0.5, 0.6) is 11.5 Å². The SMILES string of the molecule is CO[C@@]12Oc3ccc(O)cc3[C@]1(O)C(=O)C=C(c1ccccc1)C2=O. The van der Waals surface area contributed by atoms with Gasteiger partial charge < -0.3 is 19.7 Å². The maximum absolute atomic E-state index is 13.2. The minimum Gasteiger partial charge on any atom is -0.508 e. The lowest BCUT2D eigenvalue weighted by molar-refractivity contribution is -0.237. The number of ether oxygens (including phenoxy) is 2. The first kappa shape index (κ1) is 15.6. The molecule has 6 heteroatoms. The second kappa shape index (κ2) is 5.02. The topological polar surface area (TPSA) is 93.1 Å². The van der Waals surface area contributed by atoms with Crippen LogP contribution >= 0.6 is 0 Å². The van der Waals surface area contributed by atoms with E-state index in [1.165, 1.54) is 25.3 Å². The van der Waals surface area contributed by atoms with Crippen molar-refractivity contribution in [1.82, 2.24) is 0 Å². The molecular formula is C19H14O6. The third kappa shape index (κ3) is 1.80. The smallest absolute Gasteiger partial charge is 0.316 e. The van der Waals surface area contributed by atoms with E-state index in [9.17, 15) is 19.8 Å². The van der Waals surface area contributed by atoms with E-state index >= 15 is 0 Å². The van der Waals surface area contributed by atoms with Gasteiger partial charge in [0.25, 0.3) is 0 Å². The van der Waals surface area contributed by atoms with Crippen molar-refractivity contribution in [2.45, 2.75) is 11.4 Å². The summed E-state index contributed by atoms with van der Waals surface area (Å²) in [5.74, 6) is -3.72. The van der Waals surface area contributed by atoms with E-state index in [0.29, 0.717) is 5.56 Å². The van der Waals surface area contributed by atoms with E-state index in [0.717, 1.165) is 6.08 Å². The molecule has 1 aliphatic heterocycles. The molecule has 0 unspecified atom stereocenters. The van der Waals surface area contributed by atoms with E-state index in [1.807, 2.05) is 0 Å². The number of aliphatic hydroxyl groups is 1. The number of phenols is 1. The molecule has 2 aromatic carbocycles. The summed E-state index contributed by atoms with van der Waals surface area (Å²) in [7, 11) is 1.19. The van der Waals surface area contributed by atoms with Crippen molar-refractivity contribution in [2.75, 3.05) is 7.11 Å². The molecule has 0 spiro atoms. The molecule has 0 aromatic heterocycles. The fourth-order valence-electron chi connectivity index (χ4n) is 3.39. The number of ketones is 2. The largest absolute Gasteiger partial charge is 0.508 e. The molecule has 0 saturated carbocycles. The number of rotatable bonds is 2. The second-order valence-electron chi connectivity index (χ2n) is 5.93. The standard InChI is InChI=1S/C19H14O6/c1-24-19-17(22)13(11-5-3-2-4-6-11)10-16(21)18(19,23)14-9-12(20)7-8-15(14)25-19/h2-10,20,23H,1H3/t18-,19-/m0/s1. The minimum atomic E-state index is -2.37. The van der Waals surface area contributed by atoms with Crippen molar-refractivity contribution in [2.24, 2.45) is 0 Å². The maximum atomic E-state index is 13.2. The van der Waals surface area contributed by atoms with Crippen molar-refractivity contribution >= 4 is 17.1 Å². The summed E-state index contributed by atoms with van der Waals surface area (Å²) in [5.41, 5.74) is -1.77. The summed E-state index contributed by atoms with van der Waals surface area (Å²) >= 11 is 0. The second-order valence-corrected chi connectivity index (χ2v) is 5.93. The third-order valence-electron chi connectivity index (χ3n) is 4.63. The highest BCUT2D eigenvalue weighted by molar-refractivity contribution is 6.33. The highest BCUT2D eigenvalue weighted by Gasteiger charge is 2.71. The molecule has 1 heterocycles. The number of aromatic hydroxyl groups is 1. The Bertz CT molecular complexity index is 932. The zero-order valence-corrected chi connectivity index (χ0v) is 13.2. The average molecular weight is 338 g/mol. The van der Waals surface area contributed by atoms with E-state index in [1.54, 1.807) is 30.3 Å². The Balaban J connectivity index is 1.97. The molecule has 2 aliphatic rings. The Kier molecular flexibility index (Phi) is 3.12. The molecule has 0 radical (unpaired) electrons. The zero-order chi connectivity index (χ0) is 17.8. The van der Waals surface area contributed by atoms with Gasteiger partial charge >= 0.3 is 5.79 Å². The van der Waals surface area contributed by atoms with E-state index in [2.05, 4.69) is 0 Å². The van der Waals surface area contributed by atoms with Gasteiger partial charge in [-0.1, -0.05) is 30.3 Å². The number of benzene rings is 2. The Morgan fingerprint density at radius 2 is 1.80 bits per heavy atom. The summed E-state index contributed by atoms with van der Waals surface area (Å²) in [5, 5.41) is 20.9. The molecule has 6 nitrogen and oxygen atoms in total. The van der Waals surface area contributed by atoms with Gasteiger partial charge in [0.15, 0.2) is 5.78 Å². The Hall–Kier alpha value is -2.96. The van der Waals surface area contributed by atoms with Crippen molar-refractivity contribution in [1.29, 1.82) is 0 Å². The van der Waals surface area contributed by atoms with Crippen LogP contribution in [0.2, 0.25) is 0 Å². The number of fused-ring (bicyclic) bond motifs is 3. The molecule has 0 bridgehead atoms. The first-order valence-electron chi connectivity index (χ1n) is 7.60. The number of hydrogen-bond donors (Lipinski definition) is 2. The molecule has 0 saturated heterocycles. The monoisotopic (exact) mass is 338 g/mol. The summed E-state index contributed by atoms with van der Waals surface area (Å²) in [6, 6.07) is 12.5. The lowest BCUT2D eigenvalue weighted by atomic mass is 9.73. The number of hydrogen-bond acceptors (Lipinski definition) is 6. The normalized spacial score (nSPS) is 27.4. The number of carbonyl (C=O) groups excluding carboxylic acids is 2. The van der Waals surface area contributed by atoms with Crippen molar-refractivity contribution < 1.29 is 29.3 Å². The van der Waals surface area contributed by atoms with Crippen molar-refractivity contribution in [3.8, 4) is 11.5 Å². The predicted molar refractivity (Wildman–Crippen MR) is 86.8 cm³/mol. The predicted octanol–water partition coefficient (Wildman–Crippen LogP) is 1.55. The Labute approximate surface area is 142 Å². The van der Waals surface area contributed by atoms with Crippen LogP contribution in [0.15, 0.2) is 54.6 Å². The molecule has 4 rings (SSSR count). The van der Waals surface area contributed by atoms with Crippen LogP contribution in [0, 0.1) is 0 Å². The van der Waals surface area contributed by atoms with Gasteiger partial charge in [0.05, 0.1) is 0 Å². The summed E-state index contributed by atoms with van der Waals surface area (Å²) < 4.78 is 10.9. The zero-order valence-electron chi connectivity index (χ0n) is 13.2. The van der Waals surface area contributed by atoms with Crippen LogP contribution in [-0.4, -0.2) is 34.7 Å². The van der Waals surface area contributed by atoms with Gasteiger partial charge in [-0.3, -0.25) is 9.59 Å². The molecule has 126 valence electrons. The van der Waals surface area contributed by atoms with Crippen LogP contribution in [0.25, 0.3) is 5.57 Å². The molecule has 2 N–H and O–H groups in total. The van der Waals surface area contributed by atoms with Crippen LogP contribution < -0.4 is 4.74 Å². The minimum absolute atomic E-state index is 0.00365. The lowest BCUT2D eigenvalue weighted by Gasteiger charge is -2.39. The third-order valence-corrected chi connectivity index (χ3v) is 4.63. The molecule has 0 fully saturated rings. The fourth-order valence-corrected chi connectivity index (χ4v) is 3.39. The average Bonchev–Trinajstić information content (AvgIpc) is 2.90. The summed E-state index contributed by atoms with van der Waals surface area (Å²) in [4.78, 5) is 26.0. The number of methoxy groups -OCH3 is 1. The van der Waals surface area contributed by atoms with Gasteiger partial charge in [0, 0.05) is 18.2 Å². The quantitative estimate of drug-likeness (QED) is 0.863. The number of carbonyl (C=O) groups is 2. The Morgan fingerprint density at radius 1 is 1.08 bits per heavy atom. The molecule has 2 atom stereocenters. The summed E-state index contributed by atoms with van der Waals surface area (Å²) in [6.07, 6.45) is 1.09. The van der Waals surface area contributed by atoms with Gasteiger partial charge in [-0.05, 0) is 29.8 Å². The van der Waals surface area contributed by atoms with Crippen LogP contribution in [-0.2, 0) is 19.9 Å². The molecule has 25 heavy (non-hydrogen) atoms. The van der Waals surface area contributed by atoms with Gasteiger partial charge in [-0.25, -0.2) is 0 Å². The van der Waals surface area contributed by atoms with Crippen LogP contribution in [0.3, 0.4) is 0 Å². The van der Waals surface area contributed by atoms with Crippen LogP contribution in [0.4, 0.5) is 0 Å². The first-order valence-corrected chi connectivity index (χ1v) is 7.60. The van der Waals surface area contributed by atoms with E-state index in [4.69, 9.17) is 9.47 Å². The molecule has 0 amide bonds.